The van der Waals surface area contributed by atoms with Crippen LogP contribution in [0.15, 0.2) is 12.1 Å². The van der Waals surface area contributed by atoms with Crippen molar-refractivity contribution in [3.8, 4) is 0 Å². The summed E-state index contributed by atoms with van der Waals surface area (Å²) in [7, 11) is 0. The van der Waals surface area contributed by atoms with Gasteiger partial charge in [0.25, 0.3) is 5.91 Å². The zero-order chi connectivity index (χ0) is 12.9. The number of rotatable bonds is 0. The van der Waals surface area contributed by atoms with Gasteiger partial charge in [-0.15, -0.1) is 0 Å². The van der Waals surface area contributed by atoms with Gasteiger partial charge in [0.2, 0.25) is 5.91 Å². The van der Waals surface area contributed by atoms with Crippen molar-refractivity contribution >= 4 is 17.5 Å². The van der Waals surface area contributed by atoms with Crippen LogP contribution in [-0.4, -0.2) is 29.3 Å². The molecule has 2 amide bonds. The summed E-state index contributed by atoms with van der Waals surface area (Å²) in [4.78, 5) is 26.3. The van der Waals surface area contributed by atoms with Gasteiger partial charge in [-0.3, -0.25) is 9.59 Å². The molecular weight excluding hydrogens is 228 g/mol. The molecule has 18 heavy (non-hydrogen) atoms. The highest BCUT2D eigenvalue weighted by molar-refractivity contribution is 6.10. The Bertz CT molecular complexity index is 551. The Labute approximate surface area is 106 Å². The Morgan fingerprint density at radius 3 is 2.83 bits per heavy atom. The molecule has 2 heterocycles. The Morgan fingerprint density at radius 1 is 1.28 bits per heavy atom. The SMILES string of the molecule is Cc1ccc2c(c1C)NC(=O)[C@H]1CCCN1C2=O. The van der Waals surface area contributed by atoms with E-state index in [1.54, 1.807) is 4.90 Å². The van der Waals surface area contributed by atoms with Gasteiger partial charge in [0.1, 0.15) is 6.04 Å². The molecule has 3 rings (SSSR count). The number of aryl methyl sites for hydroxylation is 1. The molecule has 1 fully saturated rings. The van der Waals surface area contributed by atoms with E-state index in [4.69, 9.17) is 0 Å². The third-order valence-electron chi connectivity index (χ3n) is 4.03. The molecule has 1 atom stereocenters. The number of amides is 2. The standard InChI is InChI=1S/C14H16N2O2/c1-8-5-6-10-12(9(8)2)15-13(17)11-4-3-7-16(11)14(10)18/h5-6,11H,3-4,7H2,1-2H3,(H,15,17)/t11-/m1/s1. The fourth-order valence-electron chi connectivity index (χ4n) is 2.80. The minimum absolute atomic E-state index is 0.0195. The fraction of sp³-hybridized carbons (Fsp3) is 0.429. The normalized spacial score (nSPS) is 22.3. The lowest BCUT2D eigenvalue weighted by Gasteiger charge is -2.19. The summed E-state index contributed by atoms with van der Waals surface area (Å²) in [5, 5.41) is 2.93. The van der Waals surface area contributed by atoms with Gasteiger partial charge in [0.05, 0.1) is 11.3 Å². The minimum Gasteiger partial charge on any atom is -0.327 e. The number of hydrogen-bond donors (Lipinski definition) is 1. The molecule has 0 unspecified atom stereocenters. The molecule has 0 radical (unpaired) electrons. The molecule has 1 aromatic carbocycles. The molecule has 4 heteroatoms. The van der Waals surface area contributed by atoms with E-state index in [-0.39, 0.29) is 17.9 Å². The van der Waals surface area contributed by atoms with Crippen LogP contribution in [-0.2, 0) is 4.79 Å². The van der Waals surface area contributed by atoms with E-state index in [0.29, 0.717) is 17.8 Å². The molecular formula is C14H16N2O2. The second-order valence-electron chi connectivity index (χ2n) is 5.08. The summed E-state index contributed by atoms with van der Waals surface area (Å²) in [6.45, 7) is 4.61. The highest BCUT2D eigenvalue weighted by Crippen LogP contribution is 2.31. The molecule has 2 aliphatic rings. The molecule has 0 saturated carbocycles. The smallest absolute Gasteiger partial charge is 0.256 e. The van der Waals surface area contributed by atoms with Crippen molar-refractivity contribution in [1.29, 1.82) is 0 Å². The van der Waals surface area contributed by atoms with Gasteiger partial charge in [0.15, 0.2) is 0 Å². The maximum atomic E-state index is 12.5. The molecule has 0 aromatic heterocycles. The quantitative estimate of drug-likeness (QED) is 0.757. The molecule has 1 saturated heterocycles. The Kier molecular flexibility index (Phi) is 2.40. The van der Waals surface area contributed by atoms with E-state index >= 15 is 0 Å². The van der Waals surface area contributed by atoms with Crippen LogP contribution in [0, 0.1) is 13.8 Å². The number of hydrogen-bond acceptors (Lipinski definition) is 2. The van der Waals surface area contributed by atoms with Crippen LogP contribution in [0.3, 0.4) is 0 Å². The summed E-state index contributed by atoms with van der Waals surface area (Å²) in [5.74, 6) is -0.0674. The molecule has 1 N–H and O–H groups in total. The van der Waals surface area contributed by atoms with E-state index in [2.05, 4.69) is 5.32 Å². The van der Waals surface area contributed by atoms with Crippen LogP contribution >= 0.6 is 0 Å². The fourth-order valence-corrected chi connectivity index (χ4v) is 2.80. The van der Waals surface area contributed by atoms with Crippen LogP contribution in [0.4, 0.5) is 5.69 Å². The van der Waals surface area contributed by atoms with Gasteiger partial charge in [-0.05, 0) is 43.9 Å². The Balaban J connectivity index is 2.17. The van der Waals surface area contributed by atoms with Crippen molar-refractivity contribution in [2.45, 2.75) is 32.7 Å². The first-order valence-corrected chi connectivity index (χ1v) is 6.31. The molecule has 0 bridgehead atoms. The summed E-state index contributed by atoms with van der Waals surface area (Å²) >= 11 is 0. The lowest BCUT2D eigenvalue weighted by molar-refractivity contribution is -0.119. The number of carbonyl (C=O) groups excluding carboxylic acids is 2. The molecule has 0 spiro atoms. The van der Waals surface area contributed by atoms with Crippen molar-refractivity contribution in [1.82, 2.24) is 4.90 Å². The summed E-state index contributed by atoms with van der Waals surface area (Å²) in [5.41, 5.74) is 3.38. The molecule has 94 valence electrons. The third kappa shape index (κ3) is 1.45. The summed E-state index contributed by atoms with van der Waals surface area (Å²) in [6, 6.07) is 3.47. The van der Waals surface area contributed by atoms with Crippen LogP contribution in [0.5, 0.6) is 0 Å². The van der Waals surface area contributed by atoms with Gasteiger partial charge in [-0.1, -0.05) is 6.07 Å². The minimum atomic E-state index is -0.287. The van der Waals surface area contributed by atoms with Crippen molar-refractivity contribution < 1.29 is 9.59 Å². The highest BCUT2D eigenvalue weighted by atomic mass is 16.2. The first-order chi connectivity index (χ1) is 8.59. The monoisotopic (exact) mass is 244 g/mol. The van der Waals surface area contributed by atoms with E-state index in [0.717, 1.165) is 24.0 Å². The zero-order valence-electron chi connectivity index (χ0n) is 10.6. The van der Waals surface area contributed by atoms with Crippen LogP contribution in [0.1, 0.15) is 34.3 Å². The van der Waals surface area contributed by atoms with E-state index < -0.39 is 0 Å². The predicted octanol–water partition coefficient (Wildman–Crippen LogP) is 1.86. The first-order valence-electron chi connectivity index (χ1n) is 6.31. The average molecular weight is 244 g/mol. The highest BCUT2D eigenvalue weighted by Gasteiger charge is 2.38. The number of nitrogens with one attached hydrogen (secondary N) is 1. The van der Waals surface area contributed by atoms with Crippen molar-refractivity contribution in [3.63, 3.8) is 0 Å². The van der Waals surface area contributed by atoms with Gasteiger partial charge >= 0.3 is 0 Å². The first kappa shape index (κ1) is 11.3. The van der Waals surface area contributed by atoms with Gasteiger partial charge < -0.3 is 10.2 Å². The zero-order valence-corrected chi connectivity index (χ0v) is 10.6. The Hall–Kier alpha value is -1.84. The number of fused-ring (bicyclic) bond motifs is 2. The molecule has 2 aliphatic heterocycles. The van der Waals surface area contributed by atoms with E-state index in [1.807, 2.05) is 26.0 Å². The van der Waals surface area contributed by atoms with Gasteiger partial charge in [0, 0.05) is 6.54 Å². The third-order valence-corrected chi connectivity index (χ3v) is 4.03. The van der Waals surface area contributed by atoms with Crippen molar-refractivity contribution in [2.24, 2.45) is 0 Å². The van der Waals surface area contributed by atoms with Gasteiger partial charge in [-0.25, -0.2) is 0 Å². The van der Waals surface area contributed by atoms with E-state index in [9.17, 15) is 9.59 Å². The second kappa shape index (κ2) is 3.83. The summed E-state index contributed by atoms with van der Waals surface area (Å²) < 4.78 is 0. The number of carbonyl (C=O) groups is 2. The lowest BCUT2D eigenvalue weighted by Crippen LogP contribution is -2.40. The van der Waals surface area contributed by atoms with Crippen LogP contribution < -0.4 is 5.32 Å². The maximum Gasteiger partial charge on any atom is 0.256 e. The van der Waals surface area contributed by atoms with Crippen LogP contribution in [0.2, 0.25) is 0 Å². The largest absolute Gasteiger partial charge is 0.327 e. The topological polar surface area (TPSA) is 49.4 Å². The average Bonchev–Trinajstić information content (AvgIpc) is 2.80. The number of anilines is 1. The predicted molar refractivity (Wildman–Crippen MR) is 68.6 cm³/mol. The van der Waals surface area contributed by atoms with Crippen molar-refractivity contribution in [3.05, 3.63) is 28.8 Å². The molecule has 0 aliphatic carbocycles. The second-order valence-corrected chi connectivity index (χ2v) is 5.08. The molecule has 1 aromatic rings. The lowest BCUT2D eigenvalue weighted by atomic mass is 10.0. The summed E-state index contributed by atoms with van der Waals surface area (Å²) in [6.07, 6.45) is 1.67. The number of benzene rings is 1. The van der Waals surface area contributed by atoms with Gasteiger partial charge in [-0.2, -0.15) is 0 Å². The number of nitrogens with zero attached hydrogens (tertiary/aromatic N) is 1. The molecule has 4 nitrogen and oxygen atoms in total. The maximum absolute atomic E-state index is 12.5. The van der Waals surface area contributed by atoms with Crippen LogP contribution in [0.25, 0.3) is 0 Å². The van der Waals surface area contributed by atoms with Crippen molar-refractivity contribution in [2.75, 3.05) is 11.9 Å². The van der Waals surface area contributed by atoms with E-state index in [1.165, 1.54) is 0 Å². The Morgan fingerprint density at radius 2 is 2.06 bits per heavy atom.